The number of ketones is 1. The zero-order valence-corrected chi connectivity index (χ0v) is 18.9. The van der Waals surface area contributed by atoms with E-state index < -0.39 is 17.7 Å². The van der Waals surface area contributed by atoms with Gasteiger partial charge < -0.3 is 19.8 Å². The van der Waals surface area contributed by atoms with Crippen LogP contribution in [-0.2, 0) is 9.59 Å². The van der Waals surface area contributed by atoms with Crippen LogP contribution in [0.1, 0.15) is 62.3 Å². The number of nitrogens with zero attached hydrogens (tertiary/aromatic N) is 1. The van der Waals surface area contributed by atoms with Gasteiger partial charge in [-0.3, -0.25) is 9.59 Å². The SMILES string of the molecule is CCCCCN1C(=O)C(=O)/C(=C(\O)c2ccc(OCCC)c(C)c2)C1c1ccc(O)cc1. The van der Waals surface area contributed by atoms with E-state index >= 15 is 0 Å². The van der Waals surface area contributed by atoms with Crippen molar-refractivity contribution in [3.63, 3.8) is 0 Å². The number of phenolic OH excluding ortho intramolecular Hbond substituents is 1. The Morgan fingerprint density at radius 2 is 1.75 bits per heavy atom. The van der Waals surface area contributed by atoms with E-state index in [-0.39, 0.29) is 17.1 Å². The van der Waals surface area contributed by atoms with Crippen LogP contribution < -0.4 is 4.74 Å². The Morgan fingerprint density at radius 1 is 1.03 bits per heavy atom. The predicted molar refractivity (Wildman–Crippen MR) is 124 cm³/mol. The van der Waals surface area contributed by atoms with Gasteiger partial charge in [0.25, 0.3) is 11.7 Å². The average Bonchev–Trinajstić information content (AvgIpc) is 3.03. The summed E-state index contributed by atoms with van der Waals surface area (Å²) in [6.07, 6.45) is 3.57. The van der Waals surface area contributed by atoms with Gasteiger partial charge in [-0.2, -0.15) is 0 Å². The van der Waals surface area contributed by atoms with Crippen LogP contribution in [0.2, 0.25) is 0 Å². The van der Waals surface area contributed by atoms with Crippen molar-refractivity contribution in [3.05, 3.63) is 64.7 Å². The van der Waals surface area contributed by atoms with Crippen molar-refractivity contribution in [2.75, 3.05) is 13.2 Å². The van der Waals surface area contributed by atoms with Crippen molar-refractivity contribution in [1.29, 1.82) is 0 Å². The molecule has 1 unspecified atom stereocenters. The number of amides is 1. The molecule has 0 spiro atoms. The van der Waals surface area contributed by atoms with Gasteiger partial charge in [-0.1, -0.05) is 38.8 Å². The number of aromatic hydroxyl groups is 1. The molecule has 1 atom stereocenters. The number of carbonyl (C=O) groups is 2. The maximum Gasteiger partial charge on any atom is 0.295 e. The van der Waals surface area contributed by atoms with E-state index in [1.54, 1.807) is 30.3 Å². The minimum Gasteiger partial charge on any atom is -0.508 e. The summed E-state index contributed by atoms with van der Waals surface area (Å²) in [6, 6.07) is 10.9. The highest BCUT2D eigenvalue weighted by Crippen LogP contribution is 2.40. The zero-order chi connectivity index (χ0) is 23.3. The lowest BCUT2D eigenvalue weighted by Crippen LogP contribution is -2.30. The van der Waals surface area contributed by atoms with Gasteiger partial charge in [-0.25, -0.2) is 0 Å². The molecule has 0 radical (unpaired) electrons. The number of aliphatic hydroxyl groups is 1. The van der Waals surface area contributed by atoms with Gasteiger partial charge in [0.15, 0.2) is 0 Å². The molecule has 0 aliphatic carbocycles. The Balaban J connectivity index is 2.06. The fourth-order valence-corrected chi connectivity index (χ4v) is 3.97. The fourth-order valence-electron chi connectivity index (χ4n) is 3.97. The maximum atomic E-state index is 13.0. The number of hydrogen-bond acceptors (Lipinski definition) is 5. The predicted octanol–water partition coefficient (Wildman–Crippen LogP) is 5.10. The molecule has 3 rings (SSSR count). The maximum absolute atomic E-state index is 13.0. The number of phenols is 1. The molecule has 32 heavy (non-hydrogen) atoms. The molecule has 1 aliphatic heterocycles. The van der Waals surface area contributed by atoms with Crippen molar-refractivity contribution in [3.8, 4) is 11.5 Å². The molecule has 2 aromatic carbocycles. The van der Waals surface area contributed by atoms with E-state index in [1.807, 2.05) is 13.8 Å². The number of benzene rings is 2. The van der Waals surface area contributed by atoms with E-state index in [1.165, 1.54) is 17.0 Å². The third-order valence-electron chi connectivity index (χ3n) is 5.66. The number of unbranched alkanes of at least 4 members (excludes halogenated alkanes) is 2. The first-order chi connectivity index (χ1) is 15.4. The van der Waals surface area contributed by atoms with Gasteiger partial charge in [0, 0.05) is 12.1 Å². The van der Waals surface area contributed by atoms with Gasteiger partial charge >= 0.3 is 0 Å². The van der Waals surface area contributed by atoms with Crippen LogP contribution in [0.5, 0.6) is 11.5 Å². The molecule has 1 amide bonds. The van der Waals surface area contributed by atoms with Crippen LogP contribution in [0.25, 0.3) is 5.76 Å². The van der Waals surface area contributed by atoms with Gasteiger partial charge in [-0.05, 0) is 61.2 Å². The summed E-state index contributed by atoms with van der Waals surface area (Å²) >= 11 is 0. The quantitative estimate of drug-likeness (QED) is 0.247. The molecule has 170 valence electrons. The van der Waals surface area contributed by atoms with Crippen LogP contribution in [0.4, 0.5) is 0 Å². The molecular weight excluding hydrogens is 406 g/mol. The Labute approximate surface area is 189 Å². The number of rotatable bonds is 9. The second-order valence-corrected chi connectivity index (χ2v) is 8.12. The van der Waals surface area contributed by atoms with E-state index in [2.05, 4.69) is 6.92 Å². The van der Waals surface area contributed by atoms with E-state index in [4.69, 9.17) is 4.74 Å². The second-order valence-electron chi connectivity index (χ2n) is 8.12. The molecule has 1 fully saturated rings. The van der Waals surface area contributed by atoms with Gasteiger partial charge in [-0.15, -0.1) is 0 Å². The van der Waals surface area contributed by atoms with E-state index in [9.17, 15) is 19.8 Å². The molecule has 6 heteroatoms. The highest BCUT2D eigenvalue weighted by molar-refractivity contribution is 6.46. The molecule has 1 aliphatic rings. The van der Waals surface area contributed by atoms with E-state index in [0.717, 1.165) is 37.0 Å². The van der Waals surface area contributed by atoms with Crippen molar-refractivity contribution < 1.29 is 24.5 Å². The minimum atomic E-state index is -0.705. The summed E-state index contributed by atoms with van der Waals surface area (Å²) in [5, 5.41) is 20.9. The summed E-state index contributed by atoms with van der Waals surface area (Å²) in [5.41, 5.74) is 2.03. The molecule has 1 heterocycles. The van der Waals surface area contributed by atoms with Crippen LogP contribution in [0, 0.1) is 6.92 Å². The van der Waals surface area contributed by atoms with Crippen molar-refractivity contribution in [2.24, 2.45) is 0 Å². The highest BCUT2D eigenvalue weighted by atomic mass is 16.5. The normalized spacial score (nSPS) is 17.7. The number of carbonyl (C=O) groups excluding carboxylic acids is 2. The molecule has 0 bridgehead atoms. The fraction of sp³-hybridized carbons (Fsp3) is 0.385. The summed E-state index contributed by atoms with van der Waals surface area (Å²) < 4.78 is 5.71. The minimum absolute atomic E-state index is 0.0683. The standard InChI is InChI=1S/C26H31NO5/c1-4-6-7-14-27-23(18-8-11-20(28)12-9-18)22(25(30)26(27)31)24(29)19-10-13-21(17(3)16-19)32-15-5-2/h8-13,16,23,28-29H,4-7,14-15H2,1-3H3/b24-22-. The number of hydrogen-bond donors (Lipinski definition) is 2. The Kier molecular flexibility index (Phi) is 7.57. The molecule has 6 nitrogen and oxygen atoms in total. The molecule has 1 saturated heterocycles. The number of aryl methyl sites for hydroxylation is 1. The third kappa shape index (κ3) is 4.79. The lowest BCUT2D eigenvalue weighted by molar-refractivity contribution is -0.139. The lowest BCUT2D eigenvalue weighted by Gasteiger charge is -2.25. The smallest absolute Gasteiger partial charge is 0.295 e. The first-order valence-electron chi connectivity index (χ1n) is 11.2. The number of Topliss-reactive ketones (excluding diaryl/α,β-unsaturated/α-hetero) is 1. The molecule has 0 saturated carbocycles. The van der Waals surface area contributed by atoms with Crippen LogP contribution in [0.15, 0.2) is 48.0 Å². The second kappa shape index (κ2) is 10.4. The summed E-state index contributed by atoms with van der Waals surface area (Å²) in [4.78, 5) is 27.5. The molecule has 0 aromatic heterocycles. The average molecular weight is 438 g/mol. The molecule has 2 N–H and O–H groups in total. The number of aliphatic hydroxyl groups excluding tert-OH is 1. The third-order valence-corrected chi connectivity index (χ3v) is 5.66. The topological polar surface area (TPSA) is 87.1 Å². The molecular formula is C26H31NO5. The van der Waals surface area contributed by atoms with Gasteiger partial charge in [0.05, 0.1) is 18.2 Å². The number of likely N-dealkylation sites (tertiary alicyclic amines) is 1. The summed E-state index contributed by atoms with van der Waals surface area (Å²) in [7, 11) is 0. The lowest BCUT2D eigenvalue weighted by atomic mass is 9.94. The van der Waals surface area contributed by atoms with Crippen molar-refractivity contribution >= 4 is 17.4 Å². The van der Waals surface area contributed by atoms with Gasteiger partial charge in [0.1, 0.15) is 17.3 Å². The Bertz CT molecular complexity index is 1010. The first-order valence-corrected chi connectivity index (χ1v) is 11.2. The van der Waals surface area contributed by atoms with Crippen molar-refractivity contribution in [1.82, 2.24) is 4.90 Å². The van der Waals surface area contributed by atoms with E-state index in [0.29, 0.717) is 24.3 Å². The summed E-state index contributed by atoms with van der Waals surface area (Å²) in [6.45, 7) is 6.99. The zero-order valence-electron chi connectivity index (χ0n) is 18.9. The van der Waals surface area contributed by atoms with Crippen LogP contribution in [-0.4, -0.2) is 40.0 Å². The Morgan fingerprint density at radius 3 is 2.38 bits per heavy atom. The van der Waals surface area contributed by atoms with Gasteiger partial charge in [0.2, 0.25) is 0 Å². The largest absolute Gasteiger partial charge is 0.508 e. The molecule has 2 aromatic rings. The number of ether oxygens (including phenoxy) is 1. The first kappa shape index (κ1) is 23.4. The van der Waals surface area contributed by atoms with Crippen molar-refractivity contribution in [2.45, 2.75) is 52.5 Å². The Hall–Kier alpha value is -3.28. The van der Waals surface area contributed by atoms with Crippen LogP contribution in [0.3, 0.4) is 0 Å². The van der Waals surface area contributed by atoms with Crippen LogP contribution >= 0.6 is 0 Å². The highest BCUT2D eigenvalue weighted by Gasteiger charge is 2.45. The summed E-state index contributed by atoms with van der Waals surface area (Å²) in [5.74, 6) is -0.695. The monoisotopic (exact) mass is 437 g/mol.